The Balaban J connectivity index is 1.78. The second-order valence-corrected chi connectivity index (χ2v) is 4.47. The van der Waals surface area contributed by atoms with Gasteiger partial charge in [-0.1, -0.05) is 18.2 Å². The van der Waals surface area contributed by atoms with Crippen molar-refractivity contribution in [1.82, 2.24) is 10.6 Å². The van der Waals surface area contributed by atoms with Crippen LogP contribution >= 0.6 is 0 Å². The van der Waals surface area contributed by atoms with E-state index in [2.05, 4.69) is 10.6 Å². The number of hydrogen-bond acceptors (Lipinski definition) is 3. The van der Waals surface area contributed by atoms with Crippen LogP contribution in [0.3, 0.4) is 0 Å². The molecule has 0 bridgehead atoms. The maximum absolute atomic E-state index is 11.7. The molecule has 0 aromatic heterocycles. The highest BCUT2D eigenvalue weighted by molar-refractivity contribution is 5.82. The normalized spacial score (nSPS) is 18.4. The third-order valence-corrected chi connectivity index (χ3v) is 3.02. The van der Waals surface area contributed by atoms with Gasteiger partial charge in [0.05, 0.1) is 6.04 Å². The predicted octanol–water partition coefficient (Wildman–Crippen LogP) is 0.206. The topological polar surface area (TPSA) is 84.2 Å². The Kier molecular flexibility index (Phi) is 3.82. The first-order valence-corrected chi connectivity index (χ1v) is 6.04. The molecule has 2 rings (SSSR count). The molecule has 1 unspecified atom stereocenters. The van der Waals surface area contributed by atoms with Crippen LogP contribution in [0.15, 0.2) is 24.3 Å². The minimum absolute atomic E-state index is 0.00685. The maximum atomic E-state index is 11.7. The third-order valence-electron chi connectivity index (χ3n) is 3.02. The van der Waals surface area contributed by atoms with Gasteiger partial charge in [-0.2, -0.15) is 0 Å². The highest BCUT2D eigenvalue weighted by atomic mass is 16.2. The molecule has 1 saturated heterocycles. The van der Waals surface area contributed by atoms with E-state index in [1.807, 2.05) is 24.3 Å². The molecule has 1 aromatic carbocycles. The van der Waals surface area contributed by atoms with Crippen LogP contribution in [0.25, 0.3) is 0 Å². The van der Waals surface area contributed by atoms with Crippen LogP contribution in [-0.2, 0) is 16.0 Å². The van der Waals surface area contributed by atoms with E-state index in [0.29, 0.717) is 31.5 Å². The van der Waals surface area contributed by atoms with Gasteiger partial charge in [0.2, 0.25) is 11.8 Å². The van der Waals surface area contributed by atoms with Crippen molar-refractivity contribution in [2.24, 2.45) is 0 Å². The molecule has 1 heterocycles. The van der Waals surface area contributed by atoms with Gasteiger partial charge in [-0.25, -0.2) is 0 Å². The van der Waals surface area contributed by atoms with Crippen LogP contribution < -0.4 is 16.4 Å². The fraction of sp³-hybridized carbons (Fsp3) is 0.385. The highest BCUT2D eigenvalue weighted by Crippen LogP contribution is 2.12. The standard InChI is InChI=1S/C13H17N3O2/c14-11-4-2-1-3-9(11)5-6-12(17)16-10-7-13(18)15-8-10/h1-4,10H,5-8,14H2,(H,15,18)(H,16,17). The van der Waals surface area contributed by atoms with Crippen LogP contribution in [0, 0.1) is 0 Å². The Bertz CT molecular complexity index is 459. The van der Waals surface area contributed by atoms with Crippen LogP contribution in [0.1, 0.15) is 18.4 Å². The Morgan fingerprint density at radius 3 is 2.89 bits per heavy atom. The summed E-state index contributed by atoms with van der Waals surface area (Å²) in [4.78, 5) is 22.7. The molecule has 1 aliphatic heterocycles. The van der Waals surface area contributed by atoms with Gasteiger partial charge in [0.25, 0.3) is 0 Å². The van der Waals surface area contributed by atoms with E-state index in [0.717, 1.165) is 5.56 Å². The van der Waals surface area contributed by atoms with E-state index in [-0.39, 0.29) is 17.9 Å². The number of nitrogens with one attached hydrogen (secondary N) is 2. The van der Waals surface area contributed by atoms with Crippen molar-refractivity contribution < 1.29 is 9.59 Å². The molecule has 4 N–H and O–H groups in total. The summed E-state index contributed by atoms with van der Waals surface area (Å²) in [5.41, 5.74) is 7.49. The van der Waals surface area contributed by atoms with Crippen LogP contribution in [0.4, 0.5) is 5.69 Å². The number of carbonyl (C=O) groups excluding carboxylic acids is 2. The summed E-state index contributed by atoms with van der Waals surface area (Å²) in [7, 11) is 0. The van der Waals surface area contributed by atoms with Gasteiger partial charge in [0, 0.05) is 25.1 Å². The van der Waals surface area contributed by atoms with Gasteiger partial charge in [-0.3, -0.25) is 9.59 Å². The van der Waals surface area contributed by atoms with Crippen molar-refractivity contribution in [3.8, 4) is 0 Å². The number of nitrogen functional groups attached to an aromatic ring is 1. The predicted molar refractivity (Wildman–Crippen MR) is 68.7 cm³/mol. The summed E-state index contributed by atoms with van der Waals surface area (Å²) in [6.45, 7) is 0.526. The lowest BCUT2D eigenvalue weighted by Crippen LogP contribution is -2.36. The minimum Gasteiger partial charge on any atom is -0.399 e. The molecule has 1 atom stereocenters. The van der Waals surface area contributed by atoms with E-state index >= 15 is 0 Å². The first kappa shape index (κ1) is 12.4. The van der Waals surface area contributed by atoms with Gasteiger partial charge in [-0.05, 0) is 18.1 Å². The van der Waals surface area contributed by atoms with Gasteiger partial charge in [0.15, 0.2) is 0 Å². The van der Waals surface area contributed by atoms with E-state index in [1.165, 1.54) is 0 Å². The quantitative estimate of drug-likeness (QED) is 0.665. The molecule has 2 amide bonds. The Morgan fingerprint density at radius 2 is 2.22 bits per heavy atom. The number of nitrogens with two attached hydrogens (primary N) is 1. The molecule has 0 saturated carbocycles. The van der Waals surface area contributed by atoms with Gasteiger partial charge >= 0.3 is 0 Å². The second-order valence-electron chi connectivity index (χ2n) is 4.47. The summed E-state index contributed by atoms with van der Waals surface area (Å²) < 4.78 is 0. The molecule has 18 heavy (non-hydrogen) atoms. The lowest BCUT2D eigenvalue weighted by Gasteiger charge is -2.10. The lowest BCUT2D eigenvalue weighted by atomic mass is 10.1. The van der Waals surface area contributed by atoms with E-state index in [4.69, 9.17) is 5.73 Å². The summed E-state index contributed by atoms with van der Waals surface area (Å²) in [6.07, 6.45) is 1.38. The Hall–Kier alpha value is -2.04. The van der Waals surface area contributed by atoms with E-state index in [9.17, 15) is 9.59 Å². The molecule has 0 aliphatic carbocycles. The summed E-state index contributed by atoms with van der Waals surface area (Å²) >= 11 is 0. The Labute approximate surface area is 106 Å². The van der Waals surface area contributed by atoms with Gasteiger partial charge in [-0.15, -0.1) is 0 Å². The second kappa shape index (κ2) is 5.53. The Morgan fingerprint density at radius 1 is 1.44 bits per heavy atom. The smallest absolute Gasteiger partial charge is 0.222 e. The zero-order chi connectivity index (χ0) is 13.0. The van der Waals surface area contributed by atoms with Crippen molar-refractivity contribution in [1.29, 1.82) is 0 Å². The number of anilines is 1. The molecule has 1 fully saturated rings. The number of carbonyl (C=O) groups is 2. The molecular weight excluding hydrogens is 230 g/mol. The molecule has 0 radical (unpaired) electrons. The maximum Gasteiger partial charge on any atom is 0.222 e. The van der Waals surface area contributed by atoms with E-state index in [1.54, 1.807) is 0 Å². The first-order valence-electron chi connectivity index (χ1n) is 6.04. The lowest BCUT2D eigenvalue weighted by molar-refractivity contribution is -0.121. The number of amides is 2. The van der Waals surface area contributed by atoms with Crippen LogP contribution in [0.5, 0.6) is 0 Å². The molecule has 5 nitrogen and oxygen atoms in total. The fourth-order valence-electron chi connectivity index (χ4n) is 2.02. The van der Waals surface area contributed by atoms with Crippen molar-refractivity contribution in [2.45, 2.75) is 25.3 Å². The monoisotopic (exact) mass is 247 g/mol. The fourth-order valence-corrected chi connectivity index (χ4v) is 2.02. The zero-order valence-electron chi connectivity index (χ0n) is 10.1. The van der Waals surface area contributed by atoms with E-state index < -0.39 is 0 Å². The number of rotatable bonds is 4. The van der Waals surface area contributed by atoms with Crippen LogP contribution in [-0.4, -0.2) is 24.4 Å². The average molecular weight is 247 g/mol. The molecule has 1 aromatic rings. The molecule has 5 heteroatoms. The molecular formula is C13H17N3O2. The zero-order valence-corrected chi connectivity index (χ0v) is 10.1. The van der Waals surface area contributed by atoms with Crippen molar-refractivity contribution >= 4 is 17.5 Å². The third kappa shape index (κ3) is 3.23. The minimum atomic E-state index is -0.0712. The summed E-state index contributed by atoms with van der Waals surface area (Å²) in [5.74, 6) is -0.0487. The van der Waals surface area contributed by atoms with Gasteiger partial charge < -0.3 is 16.4 Å². The molecule has 96 valence electrons. The van der Waals surface area contributed by atoms with Crippen molar-refractivity contribution in [3.63, 3.8) is 0 Å². The first-order chi connectivity index (χ1) is 8.65. The van der Waals surface area contributed by atoms with Gasteiger partial charge in [0.1, 0.15) is 0 Å². The largest absolute Gasteiger partial charge is 0.399 e. The number of benzene rings is 1. The number of para-hydroxylation sites is 1. The van der Waals surface area contributed by atoms with Crippen LogP contribution in [0.2, 0.25) is 0 Å². The SMILES string of the molecule is Nc1ccccc1CCC(=O)NC1CNC(=O)C1. The number of aryl methyl sites for hydroxylation is 1. The van der Waals surface area contributed by atoms with Crippen molar-refractivity contribution in [3.05, 3.63) is 29.8 Å². The van der Waals surface area contributed by atoms with Crippen molar-refractivity contribution in [2.75, 3.05) is 12.3 Å². The summed E-state index contributed by atoms with van der Waals surface area (Å²) in [5, 5.41) is 5.52. The molecule has 1 aliphatic rings. The summed E-state index contributed by atoms with van der Waals surface area (Å²) in [6, 6.07) is 7.45. The average Bonchev–Trinajstić information content (AvgIpc) is 2.74. The highest BCUT2D eigenvalue weighted by Gasteiger charge is 2.22. The number of hydrogen-bond donors (Lipinski definition) is 3. The molecule has 0 spiro atoms.